The fourth-order valence-electron chi connectivity index (χ4n) is 2.67. The van der Waals surface area contributed by atoms with Crippen LogP contribution in [0.2, 0.25) is 0 Å². The average molecular weight is 432 g/mol. The Morgan fingerprint density at radius 1 is 1.11 bits per heavy atom. The van der Waals surface area contributed by atoms with Gasteiger partial charge in [0, 0.05) is 12.1 Å². The van der Waals surface area contributed by atoms with E-state index in [1.165, 1.54) is 11.1 Å². The zero-order valence-corrected chi connectivity index (χ0v) is 18.5. The zero-order chi connectivity index (χ0) is 20.0. The second-order valence-corrected chi connectivity index (χ2v) is 9.03. The van der Waals surface area contributed by atoms with E-state index >= 15 is 0 Å². The molecule has 2 aromatic rings. The molecule has 0 aromatic heterocycles. The van der Waals surface area contributed by atoms with E-state index in [0.717, 1.165) is 15.9 Å². The maximum absolute atomic E-state index is 12.1. The van der Waals surface area contributed by atoms with Gasteiger partial charge in [-0.1, -0.05) is 52.8 Å². The van der Waals surface area contributed by atoms with E-state index in [-0.39, 0.29) is 11.3 Å². The minimum atomic E-state index is 0.0121. The molecule has 0 spiro atoms. The third-order valence-corrected chi connectivity index (χ3v) is 5.08. The van der Waals surface area contributed by atoms with Crippen LogP contribution in [0.15, 0.2) is 46.9 Å². The van der Waals surface area contributed by atoms with Gasteiger partial charge in [0.25, 0.3) is 0 Å². The zero-order valence-electron chi connectivity index (χ0n) is 16.9. The van der Waals surface area contributed by atoms with Gasteiger partial charge in [-0.05, 0) is 69.1 Å². The van der Waals surface area contributed by atoms with E-state index in [9.17, 15) is 4.79 Å². The van der Waals surface area contributed by atoms with E-state index < -0.39 is 0 Å². The summed E-state index contributed by atoms with van der Waals surface area (Å²) in [5.74, 6) is 1.31. The van der Waals surface area contributed by atoms with Crippen molar-refractivity contribution in [1.82, 2.24) is 0 Å². The second kappa shape index (κ2) is 9.41. The lowest BCUT2D eigenvalue weighted by Crippen LogP contribution is -2.13. The number of benzene rings is 2. The fourth-order valence-corrected chi connectivity index (χ4v) is 3.17. The highest BCUT2D eigenvalue weighted by molar-refractivity contribution is 9.10. The number of rotatable bonds is 7. The summed E-state index contributed by atoms with van der Waals surface area (Å²) in [4.78, 5) is 12.1. The van der Waals surface area contributed by atoms with Gasteiger partial charge in [-0.25, -0.2) is 0 Å². The summed E-state index contributed by atoms with van der Waals surface area (Å²) in [6, 6.07) is 14.2. The molecule has 0 saturated heterocycles. The van der Waals surface area contributed by atoms with Gasteiger partial charge in [0.15, 0.2) is 0 Å². The summed E-state index contributed by atoms with van der Waals surface area (Å²) >= 11 is 3.58. The van der Waals surface area contributed by atoms with Crippen LogP contribution in [-0.2, 0) is 10.2 Å². The monoisotopic (exact) mass is 431 g/mol. The molecule has 0 unspecified atom stereocenters. The number of hydrogen-bond acceptors (Lipinski definition) is 2. The fraction of sp³-hybridized carbons (Fsp3) is 0.435. The van der Waals surface area contributed by atoms with Gasteiger partial charge >= 0.3 is 0 Å². The predicted molar refractivity (Wildman–Crippen MR) is 117 cm³/mol. The van der Waals surface area contributed by atoms with Crippen LogP contribution in [-0.4, -0.2) is 12.5 Å². The molecule has 3 nitrogen and oxygen atoms in total. The van der Waals surface area contributed by atoms with E-state index in [2.05, 4.69) is 80.1 Å². The van der Waals surface area contributed by atoms with Gasteiger partial charge in [0.2, 0.25) is 5.91 Å². The number of halogens is 1. The van der Waals surface area contributed by atoms with Crippen molar-refractivity contribution in [2.75, 3.05) is 11.9 Å². The van der Waals surface area contributed by atoms with Gasteiger partial charge in [-0.15, -0.1) is 0 Å². The van der Waals surface area contributed by atoms with Crippen LogP contribution in [0.1, 0.15) is 64.5 Å². The lowest BCUT2D eigenvalue weighted by atomic mass is 9.87. The molecule has 0 saturated carbocycles. The summed E-state index contributed by atoms with van der Waals surface area (Å²) in [6.07, 6.45) is 1.10. The molecule has 0 heterocycles. The van der Waals surface area contributed by atoms with E-state index in [1.54, 1.807) is 0 Å². The van der Waals surface area contributed by atoms with Crippen molar-refractivity contribution in [3.05, 3.63) is 58.1 Å². The first-order valence-corrected chi connectivity index (χ1v) is 10.3. The van der Waals surface area contributed by atoms with Crippen LogP contribution in [0.25, 0.3) is 0 Å². The average Bonchev–Trinajstić information content (AvgIpc) is 2.59. The van der Waals surface area contributed by atoms with Crippen molar-refractivity contribution in [2.24, 2.45) is 0 Å². The first-order valence-electron chi connectivity index (χ1n) is 9.49. The predicted octanol–water partition coefficient (Wildman–Crippen LogP) is 6.67. The molecule has 2 rings (SSSR count). The topological polar surface area (TPSA) is 38.3 Å². The van der Waals surface area contributed by atoms with Crippen LogP contribution >= 0.6 is 15.9 Å². The smallest absolute Gasteiger partial charge is 0.224 e. The SMILES string of the molecule is CC(C)c1ccc(NC(=O)CCCOc2ccc(C(C)(C)C)cc2Br)cc1. The molecule has 146 valence electrons. The Hall–Kier alpha value is -1.81. The third kappa shape index (κ3) is 6.69. The highest BCUT2D eigenvalue weighted by Gasteiger charge is 2.15. The third-order valence-electron chi connectivity index (χ3n) is 4.46. The molecular weight excluding hydrogens is 402 g/mol. The molecule has 2 aromatic carbocycles. The molecule has 0 aliphatic rings. The second-order valence-electron chi connectivity index (χ2n) is 8.17. The number of nitrogens with one attached hydrogen (secondary N) is 1. The van der Waals surface area contributed by atoms with Gasteiger partial charge < -0.3 is 10.1 Å². The summed E-state index contributed by atoms with van der Waals surface area (Å²) in [5.41, 5.74) is 3.46. The molecule has 0 radical (unpaired) electrons. The lowest BCUT2D eigenvalue weighted by Gasteiger charge is -2.20. The standard InChI is InChI=1S/C23H30BrNO2/c1-16(2)17-8-11-19(12-9-17)25-22(26)7-6-14-27-21-13-10-18(15-20(21)24)23(3,4)5/h8-13,15-16H,6-7,14H2,1-5H3,(H,25,26). The Labute approximate surface area is 171 Å². The van der Waals surface area contributed by atoms with Gasteiger partial charge in [0.05, 0.1) is 11.1 Å². The van der Waals surface area contributed by atoms with Crippen LogP contribution in [0, 0.1) is 0 Å². The minimum Gasteiger partial charge on any atom is -0.492 e. The van der Waals surface area contributed by atoms with Crippen molar-refractivity contribution in [1.29, 1.82) is 0 Å². The van der Waals surface area contributed by atoms with Crippen molar-refractivity contribution < 1.29 is 9.53 Å². The molecule has 1 amide bonds. The quantitative estimate of drug-likeness (QED) is 0.497. The number of amides is 1. The summed E-state index contributed by atoms with van der Waals surface area (Å²) in [7, 11) is 0. The summed E-state index contributed by atoms with van der Waals surface area (Å²) in [6.45, 7) is 11.4. The van der Waals surface area contributed by atoms with Crippen molar-refractivity contribution >= 4 is 27.5 Å². The molecule has 0 atom stereocenters. The highest BCUT2D eigenvalue weighted by Crippen LogP contribution is 2.31. The maximum atomic E-state index is 12.1. The van der Waals surface area contributed by atoms with Crippen LogP contribution in [0.5, 0.6) is 5.75 Å². The molecule has 1 N–H and O–H groups in total. The number of carbonyl (C=O) groups excluding carboxylic acids is 1. The largest absolute Gasteiger partial charge is 0.492 e. The van der Waals surface area contributed by atoms with E-state index in [0.29, 0.717) is 25.4 Å². The lowest BCUT2D eigenvalue weighted by molar-refractivity contribution is -0.116. The molecule has 0 aliphatic heterocycles. The van der Waals surface area contributed by atoms with Crippen molar-refractivity contribution in [3.63, 3.8) is 0 Å². The van der Waals surface area contributed by atoms with Crippen LogP contribution < -0.4 is 10.1 Å². The van der Waals surface area contributed by atoms with Gasteiger partial charge in [-0.2, -0.15) is 0 Å². The molecule has 4 heteroatoms. The number of carbonyl (C=O) groups is 1. The Morgan fingerprint density at radius 3 is 2.33 bits per heavy atom. The van der Waals surface area contributed by atoms with Gasteiger partial charge in [0.1, 0.15) is 5.75 Å². The molecule has 0 aliphatic carbocycles. The normalized spacial score (nSPS) is 11.5. The molecule has 0 fully saturated rings. The van der Waals surface area contributed by atoms with Crippen LogP contribution in [0.3, 0.4) is 0 Å². The van der Waals surface area contributed by atoms with E-state index in [1.807, 2.05) is 18.2 Å². The summed E-state index contributed by atoms with van der Waals surface area (Å²) < 4.78 is 6.77. The maximum Gasteiger partial charge on any atom is 0.224 e. The minimum absolute atomic E-state index is 0.0121. The Balaban J connectivity index is 1.77. The molecular formula is C23H30BrNO2. The van der Waals surface area contributed by atoms with Crippen molar-refractivity contribution in [2.45, 2.75) is 58.8 Å². The van der Waals surface area contributed by atoms with E-state index in [4.69, 9.17) is 4.74 Å². The Kier molecular flexibility index (Phi) is 7.49. The summed E-state index contributed by atoms with van der Waals surface area (Å²) in [5, 5.41) is 2.94. The first-order chi connectivity index (χ1) is 12.7. The number of ether oxygens (including phenoxy) is 1. The number of hydrogen-bond donors (Lipinski definition) is 1. The number of anilines is 1. The Bertz CT molecular complexity index is 761. The molecule has 0 bridgehead atoms. The first kappa shape index (κ1) is 21.5. The van der Waals surface area contributed by atoms with Crippen LogP contribution in [0.4, 0.5) is 5.69 Å². The molecule has 27 heavy (non-hydrogen) atoms. The Morgan fingerprint density at radius 2 is 1.78 bits per heavy atom. The van der Waals surface area contributed by atoms with Gasteiger partial charge in [-0.3, -0.25) is 4.79 Å². The van der Waals surface area contributed by atoms with Crippen molar-refractivity contribution in [3.8, 4) is 5.75 Å². The highest BCUT2D eigenvalue weighted by atomic mass is 79.9.